The number of ether oxygens (including phenoxy) is 1. The maximum Gasteiger partial charge on any atom is 0.222 e. The van der Waals surface area contributed by atoms with Crippen LogP contribution in [0.15, 0.2) is 41.8 Å². The van der Waals surface area contributed by atoms with Crippen LogP contribution in [0.4, 0.5) is 11.4 Å². The van der Waals surface area contributed by atoms with Crippen molar-refractivity contribution in [3.63, 3.8) is 0 Å². The molecule has 26 heavy (non-hydrogen) atoms. The van der Waals surface area contributed by atoms with E-state index in [2.05, 4.69) is 10.6 Å². The summed E-state index contributed by atoms with van der Waals surface area (Å²) in [6.45, 7) is 3.91. The molecule has 138 valence electrons. The third-order valence-electron chi connectivity index (χ3n) is 4.14. The van der Waals surface area contributed by atoms with Crippen molar-refractivity contribution in [1.29, 1.82) is 0 Å². The molecular formula is C19H23N3O4. The SMILES string of the molecule is CCC(CNC(C)=O)c1cc(N)ccc1NC1=CC(=O)C(OC)=CC1=O. The number of nitrogens with one attached hydrogen (secondary N) is 2. The molecule has 7 heteroatoms. The standard InChI is InChI=1S/C19H23N3O4/c1-4-12(10-21-11(2)23)14-7-13(20)5-6-15(14)22-16-8-18(25)19(26-3)9-17(16)24/h5-9,12,22H,4,10,20H2,1-3H3,(H,21,23). The summed E-state index contributed by atoms with van der Waals surface area (Å²) in [5, 5.41) is 5.83. The lowest BCUT2D eigenvalue weighted by Crippen LogP contribution is -2.26. The molecule has 0 heterocycles. The van der Waals surface area contributed by atoms with Crippen LogP contribution >= 0.6 is 0 Å². The number of nitrogens with two attached hydrogens (primary N) is 1. The first kappa shape index (κ1) is 19.2. The van der Waals surface area contributed by atoms with E-state index >= 15 is 0 Å². The number of hydrogen-bond acceptors (Lipinski definition) is 6. The third kappa shape index (κ3) is 4.50. The minimum absolute atomic E-state index is 0.00460. The van der Waals surface area contributed by atoms with Crippen LogP contribution in [0.25, 0.3) is 0 Å². The maximum atomic E-state index is 12.2. The van der Waals surface area contributed by atoms with Crippen molar-refractivity contribution in [2.45, 2.75) is 26.2 Å². The van der Waals surface area contributed by atoms with Gasteiger partial charge in [0.15, 0.2) is 5.76 Å². The number of methoxy groups -OCH3 is 1. The minimum atomic E-state index is -0.378. The Morgan fingerprint density at radius 1 is 1.23 bits per heavy atom. The molecule has 1 atom stereocenters. The summed E-state index contributed by atoms with van der Waals surface area (Å²) in [6.07, 6.45) is 3.14. The Balaban J connectivity index is 2.31. The first-order valence-electron chi connectivity index (χ1n) is 8.32. The molecule has 1 aliphatic carbocycles. The smallest absolute Gasteiger partial charge is 0.222 e. The van der Waals surface area contributed by atoms with Crippen molar-refractivity contribution < 1.29 is 19.1 Å². The van der Waals surface area contributed by atoms with Crippen molar-refractivity contribution in [2.24, 2.45) is 0 Å². The van der Waals surface area contributed by atoms with Gasteiger partial charge in [-0.25, -0.2) is 0 Å². The van der Waals surface area contributed by atoms with Gasteiger partial charge >= 0.3 is 0 Å². The number of allylic oxidation sites excluding steroid dienone is 2. The molecule has 0 aliphatic heterocycles. The predicted molar refractivity (Wildman–Crippen MR) is 99.4 cm³/mol. The molecule has 2 rings (SSSR count). The van der Waals surface area contributed by atoms with E-state index in [4.69, 9.17) is 10.5 Å². The summed E-state index contributed by atoms with van der Waals surface area (Å²) in [5.74, 6) is -0.828. The Kier molecular flexibility index (Phi) is 6.16. The molecular weight excluding hydrogens is 334 g/mol. The van der Waals surface area contributed by atoms with Crippen LogP contribution in [0.3, 0.4) is 0 Å². The second-order valence-corrected chi connectivity index (χ2v) is 6.01. The van der Waals surface area contributed by atoms with E-state index in [0.717, 1.165) is 18.1 Å². The third-order valence-corrected chi connectivity index (χ3v) is 4.14. The summed E-state index contributed by atoms with van der Waals surface area (Å²) >= 11 is 0. The highest BCUT2D eigenvalue weighted by Crippen LogP contribution is 2.30. The van der Waals surface area contributed by atoms with Gasteiger partial charge in [0.05, 0.1) is 12.8 Å². The highest BCUT2D eigenvalue weighted by molar-refractivity contribution is 6.20. The zero-order valence-corrected chi connectivity index (χ0v) is 15.1. The molecule has 0 saturated carbocycles. The zero-order valence-electron chi connectivity index (χ0n) is 15.1. The number of nitrogen functional groups attached to an aromatic ring is 1. The van der Waals surface area contributed by atoms with Gasteiger partial charge in [-0.2, -0.15) is 0 Å². The normalized spacial score (nSPS) is 15.0. The average molecular weight is 357 g/mol. The van der Waals surface area contributed by atoms with E-state index in [0.29, 0.717) is 17.9 Å². The van der Waals surface area contributed by atoms with E-state index in [9.17, 15) is 14.4 Å². The molecule has 4 N–H and O–H groups in total. The van der Waals surface area contributed by atoms with Crippen molar-refractivity contribution >= 4 is 28.8 Å². The van der Waals surface area contributed by atoms with Crippen LogP contribution in [0.1, 0.15) is 31.7 Å². The Bertz CT molecular complexity index is 796. The van der Waals surface area contributed by atoms with Crippen molar-refractivity contribution in [2.75, 3.05) is 24.7 Å². The number of anilines is 2. The summed E-state index contributed by atoms with van der Waals surface area (Å²) < 4.78 is 4.88. The molecule has 1 unspecified atom stereocenters. The van der Waals surface area contributed by atoms with Gasteiger partial charge in [0, 0.05) is 42.9 Å². The number of hydrogen-bond donors (Lipinski definition) is 3. The molecule has 0 radical (unpaired) electrons. The van der Waals surface area contributed by atoms with Gasteiger partial charge in [0.1, 0.15) is 0 Å². The molecule has 0 saturated heterocycles. The lowest BCUT2D eigenvalue weighted by Gasteiger charge is -2.22. The average Bonchev–Trinajstić information content (AvgIpc) is 2.60. The van der Waals surface area contributed by atoms with E-state index in [1.54, 1.807) is 12.1 Å². The Labute approximate surface area is 152 Å². The van der Waals surface area contributed by atoms with E-state index in [1.165, 1.54) is 20.1 Å². The van der Waals surface area contributed by atoms with Crippen LogP contribution in [0.2, 0.25) is 0 Å². The maximum absolute atomic E-state index is 12.2. The van der Waals surface area contributed by atoms with Gasteiger partial charge in [-0.15, -0.1) is 0 Å². The summed E-state index contributed by atoms with van der Waals surface area (Å²) in [4.78, 5) is 35.4. The van der Waals surface area contributed by atoms with E-state index in [1.807, 2.05) is 13.0 Å². The van der Waals surface area contributed by atoms with Crippen LogP contribution in [0, 0.1) is 0 Å². The predicted octanol–water partition coefficient (Wildman–Crippen LogP) is 1.88. The Morgan fingerprint density at radius 2 is 1.96 bits per heavy atom. The number of carbonyl (C=O) groups is 3. The fourth-order valence-electron chi connectivity index (χ4n) is 2.72. The topological polar surface area (TPSA) is 111 Å². The van der Waals surface area contributed by atoms with E-state index in [-0.39, 0.29) is 34.8 Å². The Hall–Kier alpha value is -3.09. The fraction of sp³-hybridized carbons (Fsp3) is 0.316. The lowest BCUT2D eigenvalue weighted by atomic mass is 9.93. The molecule has 0 fully saturated rings. The summed E-state index contributed by atoms with van der Waals surface area (Å²) in [6, 6.07) is 5.28. The van der Waals surface area contributed by atoms with E-state index < -0.39 is 0 Å². The van der Waals surface area contributed by atoms with Gasteiger partial charge in [-0.1, -0.05) is 6.92 Å². The van der Waals surface area contributed by atoms with Gasteiger partial charge in [-0.05, 0) is 30.2 Å². The van der Waals surface area contributed by atoms with Crippen molar-refractivity contribution in [3.8, 4) is 0 Å². The molecule has 7 nitrogen and oxygen atoms in total. The highest BCUT2D eigenvalue weighted by atomic mass is 16.5. The molecule has 0 spiro atoms. The van der Waals surface area contributed by atoms with Crippen LogP contribution in [-0.4, -0.2) is 31.1 Å². The first-order valence-corrected chi connectivity index (χ1v) is 8.32. The molecule has 1 aromatic rings. The number of ketones is 2. The molecule has 1 aliphatic rings. The quantitative estimate of drug-likeness (QED) is 0.508. The fourth-order valence-corrected chi connectivity index (χ4v) is 2.72. The number of amides is 1. The van der Waals surface area contributed by atoms with Crippen LogP contribution in [0.5, 0.6) is 0 Å². The second kappa shape index (κ2) is 8.33. The molecule has 1 aromatic carbocycles. The number of rotatable bonds is 7. The van der Waals surface area contributed by atoms with Crippen LogP contribution in [-0.2, 0) is 19.1 Å². The van der Waals surface area contributed by atoms with Crippen LogP contribution < -0.4 is 16.4 Å². The van der Waals surface area contributed by atoms with Crippen molar-refractivity contribution in [1.82, 2.24) is 5.32 Å². The Morgan fingerprint density at radius 3 is 2.58 bits per heavy atom. The molecule has 0 bridgehead atoms. The number of carbonyl (C=O) groups excluding carboxylic acids is 3. The van der Waals surface area contributed by atoms with Gasteiger partial charge in [-0.3, -0.25) is 14.4 Å². The summed E-state index contributed by atoms with van der Waals surface area (Å²) in [7, 11) is 1.34. The van der Waals surface area contributed by atoms with Crippen molar-refractivity contribution in [3.05, 3.63) is 47.4 Å². The lowest BCUT2D eigenvalue weighted by molar-refractivity contribution is -0.119. The molecule has 0 aromatic heterocycles. The highest BCUT2D eigenvalue weighted by Gasteiger charge is 2.23. The monoisotopic (exact) mass is 357 g/mol. The first-order chi connectivity index (χ1) is 12.3. The molecule has 1 amide bonds. The zero-order chi connectivity index (χ0) is 19.3. The summed E-state index contributed by atoms with van der Waals surface area (Å²) in [5.41, 5.74) is 8.19. The van der Waals surface area contributed by atoms with Gasteiger partial charge < -0.3 is 21.1 Å². The second-order valence-electron chi connectivity index (χ2n) is 6.01. The van der Waals surface area contributed by atoms with Gasteiger partial charge in [0.25, 0.3) is 0 Å². The van der Waals surface area contributed by atoms with Gasteiger partial charge in [0.2, 0.25) is 17.5 Å². The minimum Gasteiger partial charge on any atom is -0.493 e. The number of benzene rings is 1. The largest absolute Gasteiger partial charge is 0.493 e.